The smallest absolute Gasteiger partial charge is 0.328 e. The molecule has 0 saturated heterocycles. The molecule has 0 bridgehead atoms. The molecule has 3 aromatic rings. The number of rotatable bonds is 8. The molecular formula is C20H21N5O5S. The number of nitrogens with zero attached hydrogens (tertiary/aromatic N) is 4. The Bertz CT molecular complexity index is 1120. The van der Waals surface area contributed by atoms with Gasteiger partial charge in [0, 0.05) is 11.1 Å². The van der Waals surface area contributed by atoms with Crippen LogP contribution in [0.5, 0.6) is 0 Å². The van der Waals surface area contributed by atoms with Gasteiger partial charge in [0.1, 0.15) is 29.5 Å². The van der Waals surface area contributed by atoms with Crippen LogP contribution in [0.15, 0.2) is 29.6 Å². The number of hydrogen-bond donors (Lipinski definition) is 1. The maximum Gasteiger partial charge on any atom is 0.328 e. The second kappa shape index (κ2) is 9.47. The number of thiazole rings is 1. The molecule has 10 nitrogen and oxygen atoms in total. The van der Waals surface area contributed by atoms with Crippen molar-refractivity contribution in [3.05, 3.63) is 67.4 Å². The molecule has 0 aliphatic carbocycles. The molecule has 0 radical (unpaired) electrons. The third kappa shape index (κ3) is 5.72. The highest BCUT2D eigenvalue weighted by Crippen LogP contribution is 2.21. The minimum Gasteiger partial charge on any atom is -0.458 e. The lowest BCUT2D eigenvalue weighted by atomic mass is 10.2. The number of carbonyl (C=O) groups is 2. The maximum atomic E-state index is 12.2. The van der Waals surface area contributed by atoms with E-state index in [4.69, 9.17) is 4.74 Å². The summed E-state index contributed by atoms with van der Waals surface area (Å²) in [5, 5.41) is 20.2. The lowest BCUT2D eigenvalue weighted by molar-refractivity contribution is -0.386. The molecule has 1 aromatic carbocycles. The second-order valence-corrected chi connectivity index (χ2v) is 7.86. The Labute approximate surface area is 182 Å². The number of nitrogens with one attached hydrogen (secondary N) is 1. The number of ether oxygens (including phenoxy) is 1. The van der Waals surface area contributed by atoms with Crippen molar-refractivity contribution in [3.8, 4) is 0 Å². The molecule has 0 aliphatic heterocycles. The van der Waals surface area contributed by atoms with Crippen molar-refractivity contribution < 1.29 is 19.2 Å². The first-order valence-corrected chi connectivity index (χ1v) is 10.2. The van der Waals surface area contributed by atoms with Crippen molar-refractivity contribution in [2.75, 3.05) is 5.32 Å². The summed E-state index contributed by atoms with van der Waals surface area (Å²) < 4.78 is 6.44. The summed E-state index contributed by atoms with van der Waals surface area (Å²) in [6, 6.07) is 7.49. The Balaban J connectivity index is 1.50. The van der Waals surface area contributed by atoms with E-state index in [-0.39, 0.29) is 42.6 Å². The number of esters is 1. The zero-order valence-electron chi connectivity index (χ0n) is 17.2. The molecule has 1 amide bonds. The fourth-order valence-electron chi connectivity index (χ4n) is 2.90. The van der Waals surface area contributed by atoms with Gasteiger partial charge in [-0.2, -0.15) is 5.10 Å². The normalized spacial score (nSPS) is 10.7. The molecule has 0 saturated carbocycles. The van der Waals surface area contributed by atoms with Gasteiger partial charge >= 0.3 is 11.7 Å². The number of hydrogen-bond acceptors (Lipinski definition) is 8. The number of anilines is 1. The fraction of sp³-hybridized carbons (Fsp3) is 0.300. The Kier molecular flexibility index (Phi) is 6.75. The molecular weight excluding hydrogens is 422 g/mol. The standard InChI is InChI=1S/C20H21N5O5S/c1-12-4-6-15(7-5-12)21-17(26)8-18-22-16(11-31-18)10-30-19(27)9-24-14(3)20(25(28)29)13(2)23-24/h4-7,11H,8-10H2,1-3H3,(H,21,26). The number of carbonyl (C=O) groups excluding carboxylic acids is 2. The minimum atomic E-state index is -0.591. The van der Waals surface area contributed by atoms with E-state index in [0.29, 0.717) is 16.4 Å². The van der Waals surface area contributed by atoms with Crippen LogP contribution in [0.3, 0.4) is 0 Å². The highest BCUT2D eigenvalue weighted by Gasteiger charge is 2.23. The molecule has 2 aromatic heterocycles. The van der Waals surface area contributed by atoms with Crippen LogP contribution >= 0.6 is 11.3 Å². The van der Waals surface area contributed by atoms with Crippen molar-refractivity contribution in [2.45, 2.75) is 40.3 Å². The van der Waals surface area contributed by atoms with E-state index in [1.165, 1.54) is 29.9 Å². The summed E-state index contributed by atoms with van der Waals surface area (Å²) in [6.07, 6.45) is 0.113. The molecule has 0 aliphatic rings. The van der Waals surface area contributed by atoms with Crippen LogP contribution < -0.4 is 5.32 Å². The Hall–Kier alpha value is -3.60. The van der Waals surface area contributed by atoms with Gasteiger partial charge in [0.05, 0.1) is 17.0 Å². The van der Waals surface area contributed by atoms with Crippen LogP contribution in [-0.2, 0) is 33.9 Å². The quantitative estimate of drug-likeness (QED) is 0.322. The van der Waals surface area contributed by atoms with E-state index in [1.54, 1.807) is 5.38 Å². The molecule has 11 heteroatoms. The molecule has 1 N–H and O–H groups in total. The maximum absolute atomic E-state index is 12.2. The highest BCUT2D eigenvalue weighted by molar-refractivity contribution is 7.09. The number of aryl methyl sites for hydroxylation is 2. The van der Waals surface area contributed by atoms with E-state index >= 15 is 0 Å². The van der Waals surface area contributed by atoms with Gasteiger partial charge in [-0.15, -0.1) is 11.3 Å². The van der Waals surface area contributed by atoms with Gasteiger partial charge in [0.15, 0.2) is 0 Å². The van der Waals surface area contributed by atoms with Gasteiger partial charge in [0.2, 0.25) is 5.91 Å². The lowest BCUT2D eigenvalue weighted by Gasteiger charge is -2.05. The molecule has 0 fully saturated rings. The monoisotopic (exact) mass is 443 g/mol. The molecule has 31 heavy (non-hydrogen) atoms. The SMILES string of the molecule is Cc1ccc(NC(=O)Cc2nc(COC(=O)Cn3nc(C)c([N+](=O)[O-])c3C)cs2)cc1. The average Bonchev–Trinajstić information content (AvgIpc) is 3.25. The van der Waals surface area contributed by atoms with Crippen LogP contribution in [-0.4, -0.2) is 31.6 Å². The van der Waals surface area contributed by atoms with E-state index < -0.39 is 10.9 Å². The molecule has 0 atom stereocenters. The Morgan fingerprint density at radius 3 is 2.58 bits per heavy atom. The van der Waals surface area contributed by atoms with Crippen molar-refractivity contribution in [2.24, 2.45) is 0 Å². The molecule has 0 spiro atoms. The van der Waals surface area contributed by atoms with Crippen molar-refractivity contribution >= 4 is 34.6 Å². The lowest BCUT2D eigenvalue weighted by Crippen LogP contribution is -2.16. The highest BCUT2D eigenvalue weighted by atomic mass is 32.1. The molecule has 162 valence electrons. The van der Waals surface area contributed by atoms with E-state index in [9.17, 15) is 19.7 Å². The zero-order valence-corrected chi connectivity index (χ0v) is 18.1. The predicted octanol–water partition coefficient (Wildman–Crippen LogP) is 3.10. The van der Waals surface area contributed by atoms with Gasteiger partial charge < -0.3 is 10.1 Å². The average molecular weight is 443 g/mol. The second-order valence-electron chi connectivity index (χ2n) is 6.92. The number of aromatic nitrogens is 3. The summed E-state index contributed by atoms with van der Waals surface area (Å²) in [6.45, 7) is 4.71. The minimum absolute atomic E-state index is 0.0592. The number of nitro groups is 1. The largest absolute Gasteiger partial charge is 0.458 e. The fourth-order valence-corrected chi connectivity index (χ4v) is 3.68. The first kappa shape index (κ1) is 22.1. The van der Waals surface area contributed by atoms with Crippen LogP contribution in [0.1, 0.15) is 27.7 Å². The Morgan fingerprint density at radius 1 is 1.23 bits per heavy atom. The van der Waals surface area contributed by atoms with E-state index in [2.05, 4.69) is 15.4 Å². The summed E-state index contributed by atoms with van der Waals surface area (Å²) in [5.41, 5.74) is 2.76. The van der Waals surface area contributed by atoms with Crippen molar-refractivity contribution in [1.29, 1.82) is 0 Å². The summed E-state index contributed by atoms with van der Waals surface area (Å²) in [5.74, 6) is -0.778. The van der Waals surface area contributed by atoms with E-state index in [1.807, 2.05) is 31.2 Å². The third-order valence-corrected chi connectivity index (χ3v) is 5.33. The van der Waals surface area contributed by atoms with Gasteiger partial charge in [0.25, 0.3) is 0 Å². The van der Waals surface area contributed by atoms with Crippen molar-refractivity contribution in [1.82, 2.24) is 14.8 Å². The van der Waals surface area contributed by atoms with Crippen LogP contribution in [0.25, 0.3) is 0 Å². The summed E-state index contributed by atoms with van der Waals surface area (Å²) in [7, 11) is 0. The molecule has 0 unspecified atom stereocenters. The van der Waals surface area contributed by atoms with Crippen LogP contribution in [0, 0.1) is 30.9 Å². The zero-order chi connectivity index (χ0) is 22.5. The van der Waals surface area contributed by atoms with Gasteiger partial charge in [-0.3, -0.25) is 24.4 Å². The van der Waals surface area contributed by atoms with Crippen molar-refractivity contribution in [3.63, 3.8) is 0 Å². The molecule has 2 heterocycles. The Morgan fingerprint density at radius 2 is 1.94 bits per heavy atom. The topological polar surface area (TPSA) is 129 Å². The predicted molar refractivity (Wildman–Crippen MR) is 114 cm³/mol. The van der Waals surface area contributed by atoms with Crippen LogP contribution in [0.2, 0.25) is 0 Å². The molecule has 3 rings (SSSR count). The van der Waals surface area contributed by atoms with E-state index in [0.717, 1.165) is 5.56 Å². The van der Waals surface area contributed by atoms with Gasteiger partial charge in [-0.25, -0.2) is 4.98 Å². The number of benzene rings is 1. The van der Waals surface area contributed by atoms with Crippen LogP contribution in [0.4, 0.5) is 11.4 Å². The summed E-state index contributed by atoms with van der Waals surface area (Å²) >= 11 is 1.30. The third-order valence-electron chi connectivity index (χ3n) is 4.43. The first-order valence-electron chi connectivity index (χ1n) is 9.36. The first-order chi connectivity index (χ1) is 14.7. The van der Waals surface area contributed by atoms with Gasteiger partial charge in [-0.1, -0.05) is 17.7 Å². The number of amides is 1. The van der Waals surface area contributed by atoms with Gasteiger partial charge in [-0.05, 0) is 32.9 Å². The summed E-state index contributed by atoms with van der Waals surface area (Å²) in [4.78, 5) is 39.1.